The van der Waals surface area contributed by atoms with Gasteiger partial charge in [-0.1, -0.05) is 70.2 Å². The Labute approximate surface area is 215 Å². The summed E-state index contributed by atoms with van der Waals surface area (Å²) in [7, 11) is 4.08. The number of H-pyrrole nitrogens is 1. The zero-order valence-corrected chi connectivity index (χ0v) is 22.2. The average molecular weight is 504 g/mol. The molecule has 1 fully saturated rings. The van der Waals surface area contributed by atoms with E-state index in [4.69, 9.17) is 0 Å². The monoisotopic (exact) mass is 503 g/mol. The first kappa shape index (κ1) is 28.0. The molecule has 0 unspecified atom stereocenters. The lowest BCUT2D eigenvalue weighted by Crippen LogP contribution is -2.24. The van der Waals surface area contributed by atoms with E-state index in [1.165, 1.54) is 37.7 Å². The van der Waals surface area contributed by atoms with Crippen molar-refractivity contribution in [2.24, 2.45) is 11.8 Å². The Balaban J connectivity index is 0.000000408. The molecule has 6 nitrogen and oxygen atoms in total. The van der Waals surface area contributed by atoms with Crippen LogP contribution < -0.4 is 5.32 Å². The Hall–Kier alpha value is -2.58. The van der Waals surface area contributed by atoms with Crippen molar-refractivity contribution in [1.82, 2.24) is 19.9 Å². The highest BCUT2D eigenvalue weighted by molar-refractivity contribution is 5.93. The van der Waals surface area contributed by atoms with Gasteiger partial charge < -0.3 is 19.9 Å². The van der Waals surface area contributed by atoms with Crippen LogP contribution in [0.25, 0.3) is 22.2 Å². The van der Waals surface area contributed by atoms with Crippen LogP contribution in [0.1, 0.15) is 59.9 Å². The van der Waals surface area contributed by atoms with Gasteiger partial charge in [-0.15, -0.1) is 0 Å². The third kappa shape index (κ3) is 8.52. The van der Waals surface area contributed by atoms with Gasteiger partial charge in [0.05, 0.1) is 6.61 Å². The predicted octanol–water partition coefficient (Wildman–Crippen LogP) is 7.19. The van der Waals surface area contributed by atoms with Gasteiger partial charge in [-0.25, -0.2) is 4.98 Å². The van der Waals surface area contributed by atoms with Gasteiger partial charge in [-0.2, -0.15) is 13.8 Å². The quantitative estimate of drug-likeness (QED) is 0.323. The lowest BCUT2D eigenvalue weighted by atomic mass is 9.82. The molecular weight excluding hydrogens is 460 g/mol. The summed E-state index contributed by atoms with van der Waals surface area (Å²) in [4.78, 5) is 14.0. The van der Waals surface area contributed by atoms with E-state index in [0.717, 1.165) is 34.9 Å². The number of ether oxygens (including phenoxy) is 1. The van der Waals surface area contributed by atoms with E-state index in [-0.39, 0.29) is 14.1 Å². The van der Waals surface area contributed by atoms with Crippen LogP contribution in [0.4, 0.5) is 14.7 Å². The molecule has 0 spiro atoms. The highest BCUT2D eigenvalue weighted by atomic mass is 19.3. The molecule has 1 aliphatic rings. The Morgan fingerprint density at radius 3 is 2.47 bits per heavy atom. The first-order valence-electron chi connectivity index (χ1n) is 13.0. The number of aromatic nitrogens is 3. The van der Waals surface area contributed by atoms with Crippen molar-refractivity contribution in [2.75, 3.05) is 26.0 Å². The van der Waals surface area contributed by atoms with E-state index in [1.807, 2.05) is 20.3 Å². The maximum Gasteiger partial charge on any atom is 0.345 e. The van der Waals surface area contributed by atoms with E-state index in [2.05, 4.69) is 68.0 Å². The molecule has 1 aliphatic carbocycles. The van der Waals surface area contributed by atoms with Gasteiger partial charge in [-0.3, -0.25) is 0 Å². The van der Waals surface area contributed by atoms with E-state index >= 15 is 0 Å². The van der Waals surface area contributed by atoms with Gasteiger partial charge >= 0.3 is 6.61 Å². The maximum absolute atomic E-state index is 12.1. The van der Waals surface area contributed by atoms with Crippen LogP contribution >= 0.6 is 0 Å². The van der Waals surface area contributed by atoms with Crippen molar-refractivity contribution >= 4 is 17.0 Å². The topological polar surface area (TPSA) is 66.1 Å². The third-order valence-electron chi connectivity index (χ3n) is 6.76. The van der Waals surface area contributed by atoms with Crippen molar-refractivity contribution in [3.63, 3.8) is 0 Å². The summed E-state index contributed by atoms with van der Waals surface area (Å²) in [5.41, 5.74) is 4.02. The van der Waals surface area contributed by atoms with Crippen LogP contribution in [0.3, 0.4) is 0 Å². The second-order valence-corrected chi connectivity index (χ2v) is 10.3. The van der Waals surface area contributed by atoms with Crippen LogP contribution in [0.5, 0.6) is 0 Å². The average Bonchev–Trinajstić information content (AvgIpc) is 3.27. The number of alkyl halides is 2. The van der Waals surface area contributed by atoms with E-state index in [9.17, 15) is 8.78 Å². The van der Waals surface area contributed by atoms with Crippen LogP contribution in [0.2, 0.25) is 0 Å². The van der Waals surface area contributed by atoms with Gasteiger partial charge in [0.1, 0.15) is 5.65 Å². The first-order valence-corrected chi connectivity index (χ1v) is 13.0. The molecule has 3 aromatic rings. The van der Waals surface area contributed by atoms with Gasteiger partial charge in [0, 0.05) is 37.4 Å². The summed E-state index contributed by atoms with van der Waals surface area (Å²) >= 11 is 0. The molecular formula is C28H43F2N5O. The fourth-order valence-electron chi connectivity index (χ4n) is 4.59. The molecule has 0 radical (unpaired) electrons. The molecule has 0 amide bonds. The minimum atomic E-state index is -2.78. The maximum atomic E-state index is 12.1. The number of fused-ring (bicyclic) bond motifs is 1. The normalized spacial score (nSPS) is 18.8. The zero-order valence-electron chi connectivity index (χ0n) is 22.2. The Bertz CT molecular complexity index is 1050. The molecule has 36 heavy (non-hydrogen) atoms. The van der Waals surface area contributed by atoms with Crippen molar-refractivity contribution in [1.29, 1.82) is 0 Å². The largest absolute Gasteiger partial charge is 0.349 e. The van der Waals surface area contributed by atoms with Crippen LogP contribution in [-0.2, 0) is 11.3 Å². The third-order valence-corrected chi connectivity index (χ3v) is 6.76. The van der Waals surface area contributed by atoms with E-state index < -0.39 is 6.61 Å². The van der Waals surface area contributed by atoms with E-state index in [0.29, 0.717) is 11.6 Å². The van der Waals surface area contributed by atoms with Gasteiger partial charge in [-0.05, 0) is 44.0 Å². The van der Waals surface area contributed by atoms with Crippen LogP contribution in [0, 0.1) is 11.8 Å². The summed E-state index contributed by atoms with van der Waals surface area (Å²) in [6.45, 7) is 4.40. The minimum Gasteiger partial charge on any atom is -0.349 e. The van der Waals surface area contributed by atoms with Crippen LogP contribution in [-0.4, -0.2) is 53.2 Å². The molecule has 0 saturated heterocycles. The number of hydrogen-bond donors (Lipinski definition) is 2. The zero-order chi connectivity index (χ0) is 26.1. The molecule has 2 heterocycles. The van der Waals surface area contributed by atoms with Crippen molar-refractivity contribution in [3.8, 4) is 11.1 Å². The molecule has 8 heteroatoms. The van der Waals surface area contributed by atoms with Crippen molar-refractivity contribution in [3.05, 3.63) is 42.2 Å². The Kier molecular flexibility index (Phi) is 10.6. The highest BCUT2D eigenvalue weighted by Gasteiger charge is 2.16. The molecule has 0 aliphatic heterocycles. The lowest BCUT2D eigenvalue weighted by molar-refractivity contribution is -0.130. The summed E-state index contributed by atoms with van der Waals surface area (Å²) < 4.78 is 28.5. The van der Waals surface area contributed by atoms with Crippen LogP contribution in [0.15, 0.2) is 36.7 Å². The minimum absolute atomic E-state index is 0. The van der Waals surface area contributed by atoms with Gasteiger partial charge in [0.25, 0.3) is 0 Å². The van der Waals surface area contributed by atoms with Crippen molar-refractivity contribution < 1.29 is 14.9 Å². The number of benzene rings is 1. The molecule has 0 bridgehead atoms. The summed E-state index contributed by atoms with van der Waals surface area (Å²) in [6, 6.07) is 8.04. The highest BCUT2D eigenvalue weighted by Crippen LogP contribution is 2.30. The second kappa shape index (κ2) is 13.7. The lowest BCUT2D eigenvalue weighted by Gasteiger charge is -2.24. The second-order valence-electron chi connectivity index (χ2n) is 10.3. The van der Waals surface area contributed by atoms with Gasteiger partial charge in [0.15, 0.2) is 0 Å². The standard InChI is InChI=1S/C19H23F2N5O.C9H18.H2/c1-12(11-27-18(20)21)24-19-23-9-16-15(8-22-17(16)25-19)14-6-4-13(5-7-14)10-26(2)3;1-3-9-6-4-8(2)5-7-9;/h4-9,12,18H,10-11H2,1-3H3,(H2,22,23,24,25);8-9H,3-7H2,1-2H3;1H/t12-;;/m0../s1. The Morgan fingerprint density at radius 2 is 1.86 bits per heavy atom. The fraction of sp³-hybridized carbons (Fsp3) is 0.571. The smallest absolute Gasteiger partial charge is 0.345 e. The number of hydrogen-bond acceptors (Lipinski definition) is 5. The Morgan fingerprint density at radius 1 is 1.17 bits per heavy atom. The molecule has 2 aromatic heterocycles. The summed E-state index contributed by atoms with van der Waals surface area (Å²) in [5.74, 6) is 2.46. The summed E-state index contributed by atoms with van der Waals surface area (Å²) in [5, 5.41) is 3.86. The SMILES string of the molecule is CCC1CCC(C)CC1.C[C@@H](COC(F)F)Nc1ncc2c(-c3ccc(CN(C)C)cc3)c[nH]c2n1.[HH]. The molecule has 1 aromatic carbocycles. The number of anilines is 1. The first-order chi connectivity index (χ1) is 17.2. The number of rotatable bonds is 9. The number of aromatic amines is 1. The summed E-state index contributed by atoms with van der Waals surface area (Å²) in [6.07, 6.45) is 11.0. The number of halogens is 2. The molecule has 2 N–H and O–H groups in total. The molecule has 1 saturated carbocycles. The number of nitrogens with zero attached hydrogens (tertiary/aromatic N) is 3. The van der Waals surface area contributed by atoms with E-state index in [1.54, 1.807) is 13.1 Å². The predicted molar refractivity (Wildman–Crippen MR) is 145 cm³/mol. The molecule has 200 valence electrons. The molecule has 4 rings (SSSR count). The van der Waals surface area contributed by atoms with Crippen molar-refractivity contribution in [2.45, 2.75) is 72.1 Å². The molecule has 1 atom stereocenters. The fourth-order valence-corrected chi connectivity index (χ4v) is 4.59. The van der Waals surface area contributed by atoms with Gasteiger partial charge in [0.2, 0.25) is 5.95 Å². The number of nitrogens with one attached hydrogen (secondary N) is 2.